The normalized spacial score (nSPS) is 27.0. The van der Waals surface area contributed by atoms with Crippen molar-refractivity contribution in [2.24, 2.45) is 11.8 Å². The highest BCUT2D eigenvalue weighted by atomic mass is 19.4. The smallest absolute Gasteiger partial charge is 0.434 e. The van der Waals surface area contributed by atoms with Gasteiger partial charge in [-0.3, -0.25) is 0 Å². The van der Waals surface area contributed by atoms with E-state index in [9.17, 15) is 18.0 Å². The number of halogens is 3. The maximum atomic E-state index is 13.1. The van der Waals surface area contributed by atoms with Crippen molar-refractivity contribution in [3.8, 4) is 0 Å². The number of carbonyl (C=O) groups is 1. The van der Waals surface area contributed by atoms with Gasteiger partial charge in [-0.15, -0.1) is 0 Å². The second-order valence-electron chi connectivity index (χ2n) is 5.87. The molecule has 2 aliphatic rings. The molecule has 3 rings (SSSR count). The maximum absolute atomic E-state index is 13.1. The van der Waals surface area contributed by atoms with E-state index in [4.69, 9.17) is 0 Å². The average Bonchev–Trinajstić information content (AvgIpc) is 3.08. The Morgan fingerprint density at radius 3 is 2.68 bits per heavy atom. The number of nitrogens with zero attached hydrogens (tertiary/aromatic N) is 2. The molecule has 2 saturated carbocycles. The molecule has 8 heteroatoms. The SMILES string of the molecule is COC(=O)c1cnc(N[C@@H]2C[C@@H]3CC[C@@H]2C3)nc1C(F)(F)F. The summed E-state index contributed by atoms with van der Waals surface area (Å²) in [6.45, 7) is 0. The number of alkyl halides is 3. The lowest BCUT2D eigenvalue weighted by atomic mass is 9.95. The van der Waals surface area contributed by atoms with Crippen LogP contribution in [0.15, 0.2) is 6.20 Å². The quantitative estimate of drug-likeness (QED) is 0.869. The Hall–Kier alpha value is -1.86. The molecular weight excluding hydrogens is 299 g/mol. The average molecular weight is 315 g/mol. The van der Waals surface area contributed by atoms with Crippen LogP contribution in [0.2, 0.25) is 0 Å². The van der Waals surface area contributed by atoms with Gasteiger partial charge in [0.15, 0.2) is 5.69 Å². The minimum absolute atomic E-state index is 0.0856. The third kappa shape index (κ3) is 2.74. The van der Waals surface area contributed by atoms with E-state index in [1.54, 1.807) is 0 Å². The van der Waals surface area contributed by atoms with Crippen molar-refractivity contribution in [3.63, 3.8) is 0 Å². The van der Waals surface area contributed by atoms with Crippen LogP contribution in [-0.4, -0.2) is 29.1 Å². The second kappa shape index (κ2) is 5.40. The molecular formula is C14H16F3N3O2. The Kier molecular flexibility index (Phi) is 3.70. The van der Waals surface area contributed by atoms with Gasteiger partial charge in [0.2, 0.25) is 5.95 Å². The first-order valence-electron chi connectivity index (χ1n) is 7.17. The van der Waals surface area contributed by atoms with E-state index < -0.39 is 23.4 Å². The van der Waals surface area contributed by atoms with Crippen LogP contribution in [0.5, 0.6) is 0 Å². The van der Waals surface area contributed by atoms with E-state index >= 15 is 0 Å². The fraction of sp³-hybridized carbons (Fsp3) is 0.643. The summed E-state index contributed by atoms with van der Waals surface area (Å²) in [6.07, 6.45) is 0.473. The van der Waals surface area contributed by atoms with Crippen molar-refractivity contribution in [2.45, 2.75) is 37.9 Å². The van der Waals surface area contributed by atoms with E-state index in [-0.39, 0.29) is 12.0 Å². The van der Waals surface area contributed by atoms with E-state index in [0.29, 0.717) is 11.8 Å². The number of hydrogen-bond donors (Lipinski definition) is 1. The van der Waals surface area contributed by atoms with Gasteiger partial charge in [-0.2, -0.15) is 13.2 Å². The van der Waals surface area contributed by atoms with Gasteiger partial charge in [-0.25, -0.2) is 14.8 Å². The predicted molar refractivity (Wildman–Crippen MR) is 71.2 cm³/mol. The molecule has 0 spiro atoms. The van der Waals surface area contributed by atoms with Gasteiger partial charge in [0, 0.05) is 12.2 Å². The Morgan fingerprint density at radius 2 is 2.14 bits per heavy atom. The van der Waals surface area contributed by atoms with Gasteiger partial charge < -0.3 is 10.1 Å². The van der Waals surface area contributed by atoms with Crippen LogP contribution in [0, 0.1) is 11.8 Å². The van der Waals surface area contributed by atoms with Crippen LogP contribution < -0.4 is 5.32 Å². The highest BCUT2D eigenvalue weighted by Crippen LogP contribution is 2.45. The van der Waals surface area contributed by atoms with Crippen LogP contribution in [0.3, 0.4) is 0 Å². The number of nitrogens with one attached hydrogen (secondary N) is 1. The Labute approximate surface area is 125 Å². The van der Waals surface area contributed by atoms with E-state index in [2.05, 4.69) is 20.0 Å². The zero-order valence-electron chi connectivity index (χ0n) is 12.0. The van der Waals surface area contributed by atoms with Crippen LogP contribution in [-0.2, 0) is 10.9 Å². The molecule has 0 aromatic carbocycles. The van der Waals surface area contributed by atoms with Crippen LogP contribution in [0.25, 0.3) is 0 Å². The van der Waals surface area contributed by atoms with Crippen LogP contribution >= 0.6 is 0 Å². The number of rotatable bonds is 3. The van der Waals surface area contributed by atoms with Gasteiger partial charge >= 0.3 is 12.1 Å². The van der Waals surface area contributed by atoms with Gasteiger partial charge in [-0.1, -0.05) is 6.42 Å². The molecule has 0 aliphatic heterocycles. The van der Waals surface area contributed by atoms with Gasteiger partial charge in [0.1, 0.15) is 5.56 Å². The Bertz CT molecular complexity index is 591. The van der Waals surface area contributed by atoms with E-state index in [1.165, 1.54) is 6.42 Å². The second-order valence-corrected chi connectivity index (χ2v) is 5.87. The monoisotopic (exact) mass is 315 g/mol. The number of ether oxygens (including phenoxy) is 1. The molecule has 22 heavy (non-hydrogen) atoms. The Balaban J connectivity index is 1.85. The Morgan fingerprint density at radius 1 is 1.36 bits per heavy atom. The minimum atomic E-state index is -4.74. The number of hydrogen-bond acceptors (Lipinski definition) is 5. The molecule has 0 saturated heterocycles. The summed E-state index contributed by atoms with van der Waals surface area (Å²) in [7, 11) is 1.02. The number of carbonyl (C=O) groups excluding carboxylic acids is 1. The summed E-state index contributed by atoms with van der Waals surface area (Å²) < 4.78 is 43.5. The highest BCUT2D eigenvalue weighted by Gasteiger charge is 2.41. The molecule has 1 aromatic heterocycles. The van der Waals surface area contributed by atoms with Gasteiger partial charge in [0.05, 0.1) is 7.11 Å². The molecule has 0 radical (unpaired) electrons. The summed E-state index contributed by atoms with van der Waals surface area (Å²) in [5.74, 6) is -0.0570. The van der Waals surface area contributed by atoms with Crippen molar-refractivity contribution in [1.29, 1.82) is 0 Å². The number of fused-ring (bicyclic) bond motifs is 2. The van der Waals surface area contributed by atoms with E-state index in [1.807, 2.05) is 0 Å². The van der Waals surface area contributed by atoms with Crippen molar-refractivity contribution >= 4 is 11.9 Å². The number of esters is 1. The molecule has 3 atom stereocenters. The summed E-state index contributed by atoms with van der Waals surface area (Å²) in [5.41, 5.74) is -1.94. The largest absolute Gasteiger partial charge is 0.465 e. The summed E-state index contributed by atoms with van der Waals surface area (Å²) in [5, 5.41) is 2.99. The lowest BCUT2D eigenvalue weighted by molar-refractivity contribution is -0.141. The zero-order valence-corrected chi connectivity index (χ0v) is 12.0. The van der Waals surface area contributed by atoms with Crippen LogP contribution in [0.1, 0.15) is 41.7 Å². The molecule has 120 valence electrons. The third-order valence-corrected chi connectivity index (χ3v) is 4.52. The minimum Gasteiger partial charge on any atom is -0.465 e. The first-order valence-corrected chi connectivity index (χ1v) is 7.17. The fourth-order valence-corrected chi connectivity index (χ4v) is 3.51. The number of methoxy groups -OCH3 is 1. The molecule has 0 unspecified atom stereocenters. The molecule has 2 fully saturated rings. The molecule has 5 nitrogen and oxygen atoms in total. The predicted octanol–water partition coefficient (Wildman–Crippen LogP) is 2.88. The standard InChI is InChI=1S/C14H16F3N3O2/c1-22-12(21)9-6-18-13(20-11(9)14(15,16)17)19-10-5-7-2-3-8(10)4-7/h6-8,10H,2-5H2,1H3,(H,18,19,20)/t7-,8-,10-/m1/s1. The van der Waals surface area contributed by atoms with Crippen molar-refractivity contribution < 1.29 is 22.7 Å². The highest BCUT2D eigenvalue weighted by molar-refractivity contribution is 5.90. The molecule has 1 N–H and O–H groups in total. The molecule has 1 heterocycles. The lowest BCUT2D eigenvalue weighted by Gasteiger charge is -2.23. The maximum Gasteiger partial charge on any atom is 0.434 e. The third-order valence-electron chi connectivity index (χ3n) is 4.52. The van der Waals surface area contributed by atoms with Crippen molar-refractivity contribution in [3.05, 3.63) is 17.5 Å². The summed E-state index contributed by atoms with van der Waals surface area (Å²) >= 11 is 0. The zero-order chi connectivity index (χ0) is 15.9. The summed E-state index contributed by atoms with van der Waals surface area (Å²) in [6, 6.07) is 0.115. The lowest BCUT2D eigenvalue weighted by Crippen LogP contribution is -2.28. The topological polar surface area (TPSA) is 64.1 Å². The number of aromatic nitrogens is 2. The first-order chi connectivity index (χ1) is 10.4. The fourth-order valence-electron chi connectivity index (χ4n) is 3.51. The molecule has 1 aromatic rings. The summed E-state index contributed by atoms with van der Waals surface area (Å²) in [4.78, 5) is 18.8. The molecule has 0 amide bonds. The van der Waals surface area contributed by atoms with Crippen molar-refractivity contribution in [2.75, 3.05) is 12.4 Å². The molecule has 2 bridgehead atoms. The van der Waals surface area contributed by atoms with E-state index in [0.717, 1.165) is 32.6 Å². The van der Waals surface area contributed by atoms with Crippen LogP contribution in [0.4, 0.5) is 19.1 Å². The van der Waals surface area contributed by atoms with Gasteiger partial charge in [-0.05, 0) is 31.1 Å². The molecule has 2 aliphatic carbocycles. The first kappa shape index (κ1) is 15.1. The van der Waals surface area contributed by atoms with Gasteiger partial charge in [0.25, 0.3) is 0 Å². The van der Waals surface area contributed by atoms with Crippen molar-refractivity contribution in [1.82, 2.24) is 9.97 Å². The number of anilines is 1.